The van der Waals surface area contributed by atoms with E-state index in [0.717, 1.165) is 24.6 Å². The lowest BCUT2D eigenvalue weighted by molar-refractivity contribution is 0.221. The fraction of sp³-hybridized carbons (Fsp3) is 0.250. The van der Waals surface area contributed by atoms with Crippen LogP contribution in [0.3, 0.4) is 0 Å². The molecule has 3 rings (SSSR count). The molecule has 0 amide bonds. The van der Waals surface area contributed by atoms with Crippen molar-refractivity contribution >= 4 is 0 Å². The average Bonchev–Trinajstić information content (AvgIpc) is 2.69. The van der Waals surface area contributed by atoms with E-state index in [9.17, 15) is 0 Å². The Bertz CT molecular complexity index is 831. The number of ether oxygens (including phenoxy) is 2. The summed E-state index contributed by atoms with van der Waals surface area (Å²) in [5.74, 6) is 1.59. The van der Waals surface area contributed by atoms with Crippen LogP contribution in [0.15, 0.2) is 78.9 Å². The topological polar surface area (TPSA) is 30.5 Å². The van der Waals surface area contributed by atoms with Gasteiger partial charge >= 0.3 is 0 Å². The molecule has 3 aromatic carbocycles. The molecule has 0 bridgehead atoms. The molecule has 0 radical (unpaired) electrons. The van der Waals surface area contributed by atoms with E-state index in [4.69, 9.17) is 9.47 Å². The molecular weight excluding hydrogens is 334 g/mol. The Morgan fingerprint density at radius 2 is 1.48 bits per heavy atom. The second kappa shape index (κ2) is 9.79. The van der Waals surface area contributed by atoms with Crippen molar-refractivity contribution in [1.29, 1.82) is 0 Å². The van der Waals surface area contributed by atoms with E-state index < -0.39 is 0 Å². The maximum Gasteiger partial charge on any atom is 0.161 e. The van der Waals surface area contributed by atoms with Crippen LogP contribution in [0.5, 0.6) is 11.5 Å². The number of para-hydroxylation sites is 2. The fourth-order valence-corrected chi connectivity index (χ4v) is 2.88. The Morgan fingerprint density at radius 1 is 0.778 bits per heavy atom. The summed E-state index contributed by atoms with van der Waals surface area (Å²) in [7, 11) is 0. The summed E-state index contributed by atoms with van der Waals surface area (Å²) in [5, 5.41) is 3.45. The summed E-state index contributed by atoms with van der Waals surface area (Å²) in [6.07, 6.45) is 0.129. The Morgan fingerprint density at radius 3 is 2.26 bits per heavy atom. The summed E-state index contributed by atoms with van der Waals surface area (Å²) in [5.41, 5.74) is 3.75. The minimum Gasteiger partial charge on any atom is -0.488 e. The zero-order valence-electron chi connectivity index (χ0n) is 16.0. The Kier molecular flexibility index (Phi) is 6.89. The Labute approximate surface area is 162 Å². The molecule has 0 fully saturated rings. The summed E-state index contributed by atoms with van der Waals surface area (Å²) in [4.78, 5) is 0. The van der Waals surface area contributed by atoms with Gasteiger partial charge in [-0.15, -0.1) is 0 Å². The Balaban J connectivity index is 1.47. The first-order valence-corrected chi connectivity index (χ1v) is 9.46. The maximum absolute atomic E-state index is 5.88. The molecule has 3 heteroatoms. The lowest BCUT2D eigenvalue weighted by atomic mass is 10.0. The molecule has 0 spiro atoms. The molecule has 0 heterocycles. The van der Waals surface area contributed by atoms with Crippen molar-refractivity contribution in [1.82, 2.24) is 5.32 Å². The molecule has 1 N–H and O–H groups in total. The number of benzene rings is 3. The fourth-order valence-electron chi connectivity index (χ4n) is 2.88. The van der Waals surface area contributed by atoms with Gasteiger partial charge in [0, 0.05) is 13.1 Å². The molecule has 27 heavy (non-hydrogen) atoms. The van der Waals surface area contributed by atoms with Crippen LogP contribution in [0.2, 0.25) is 0 Å². The molecule has 3 nitrogen and oxygen atoms in total. The molecule has 0 aromatic heterocycles. The van der Waals surface area contributed by atoms with Crippen LogP contribution in [-0.4, -0.2) is 19.3 Å². The van der Waals surface area contributed by atoms with E-state index in [1.165, 1.54) is 16.7 Å². The minimum absolute atomic E-state index is 0.129. The largest absolute Gasteiger partial charge is 0.488 e. The van der Waals surface area contributed by atoms with Crippen molar-refractivity contribution < 1.29 is 9.47 Å². The van der Waals surface area contributed by atoms with Gasteiger partial charge in [0.1, 0.15) is 6.61 Å². The summed E-state index contributed by atoms with van der Waals surface area (Å²) in [6, 6.07) is 26.9. The zero-order valence-corrected chi connectivity index (χ0v) is 16.0. The first kappa shape index (κ1) is 19.0. The summed E-state index contributed by atoms with van der Waals surface area (Å²) < 4.78 is 11.7. The predicted octanol–water partition coefficient (Wildman–Crippen LogP) is 5.31. The number of hydrogen-bond acceptors (Lipinski definition) is 3. The quantitative estimate of drug-likeness (QED) is 0.524. The molecule has 140 valence electrons. The van der Waals surface area contributed by atoms with Crippen LogP contribution < -0.4 is 14.8 Å². The molecule has 0 saturated heterocycles. The van der Waals surface area contributed by atoms with Crippen molar-refractivity contribution in [3.05, 3.63) is 84.4 Å². The second-order valence-electron chi connectivity index (χ2n) is 6.70. The third-order valence-electron chi connectivity index (χ3n) is 4.11. The molecule has 0 saturated carbocycles. The Hall–Kier alpha value is -2.78. The number of hydrogen-bond donors (Lipinski definition) is 1. The highest BCUT2D eigenvalue weighted by atomic mass is 16.5. The van der Waals surface area contributed by atoms with Gasteiger partial charge in [0.2, 0.25) is 0 Å². The predicted molar refractivity (Wildman–Crippen MR) is 111 cm³/mol. The van der Waals surface area contributed by atoms with E-state index in [1.54, 1.807) is 0 Å². The maximum atomic E-state index is 5.88. The van der Waals surface area contributed by atoms with E-state index >= 15 is 0 Å². The van der Waals surface area contributed by atoms with Crippen molar-refractivity contribution in [2.75, 3.05) is 13.2 Å². The summed E-state index contributed by atoms with van der Waals surface area (Å²) in [6.45, 7) is 6.21. The number of nitrogens with one attached hydrogen (secondary N) is 1. The van der Waals surface area contributed by atoms with Crippen molar-refractivity contribution in [2.45, 2.75) is 26.5 Å². The van der Waals surface area contributed by atoms with Crippen LogP contribution in [0, 0.1) is 0 Å². The molecule has 0 unspecified atom stereocenters. The highest BCUT2D eigenvalue weighted by molar-refractivity contribution is 5.63. The first-order chi connectivity index (χ1) is 13.2. The van der Waals surface area contributed by atoms with E-state index in [1.807, 2.05) is 44.2 Å². The standard InChI is InChI=1S/C24H27NO2/c1-19(2)27-24-14-7-6-13-23(24)26-16-15-25-18-20-9-8-12-22(17-20)21-10-4-3-5-11-21/h3-14,17,19,25H,15-16,18H2,1-2H3. The molecule has 0 aliphatic rings. The van der Waals surface area contributed by atoms with Crippen LogP contribution >= 0.6 is 0 Å². The molecule has 0 aliphatic heterocycles. The first-order valence-electron chi connectivity index (χ1n) is 9.46. The van der Waals surface area contributed by atoms with Crippen molar-refractivity contribution in [3.8, 4) is 22.6 Å². The second-order valence-corrected chi connectivity index (χ2v) is 6.70. The minimum atomic E-state index is 0.129. The number of rotatable bonds is 9. The molecule has 0 aliphatic carbocycles. The van der Waals surface area contributed by atoms with E-state index in [-0.39, 0.29) is 6.10 Å². The van der Waals surface area contributed by atoms with Crippen LogP contribution in [0.1, 0.15) is 19.4 Å². The molecular formula is C24H27NO2. The highest BCUT2D eigenvalue weighted by Gasteiger charge is 2.05. The van der Waals surface area contributed by atoms with Gasteiger partial charge in [0.25, 0.3) is 0 Å². The van der Waals surface area contributed by atoms with Gasteiger partial charge in [-0.2, -0.15) is 0 Å². The molecule has 3 aromatic rings. The van der Waals surface area contributed by atoms with E-state index in [2.05, 4.69) is 53.8 Å². The third kappa shape index (κ3) is 5.87. The lowest BCUT2D eigenvalue weighted by Crippen LogP contribution is -2.21. The van der Waals surface area contributed by atoms with E-state index in [0.29, 0.717) is 6.61 Å². The monoisotopic (exact) mass is 361 g/mol. The van der Waals surface area contributed by atoms with Gasteiger partial charge in [-0.25, -0.2) is 0 Å². The third-order valence-corrected chi connectivity index (χ3v) is 4.11. The average molecular weight is 361 g/mol. The highest BCUT2D eigenvalue weighted by Crippen LogP contribution is 2.27. The SMILES string of the molecule is CC(C)Oc1ccccc1OCCNCc1cccc(-c2ccccc2)c1. The lowest BCUT2D eigenvalue weighted by Gasteiger charge is -2.15. The van der Waals surface area contributed by atoms with Crippen LogP contribution in [0.25, 0.3) is 11.1 Å². The van der Waals surface area contributed by atoms with Gasteiger partial charge in [-0.1, -0.05) is 60.7 Å². The molecule has 0 atom stereocenters. The van der Waals surface area contributed by atoms with Gasteiger partial charge in [-0.3, -0.25) is 0 Å². The van der Waals surface area contributed by atoms with Gasteiger partial charge in [0.05, 0.1) is 6.10 Å². The van der Waals surface area contributed by atoms with Gasteiger partial charge in [0.15, 0.2) is 11.5 Å². The van der Waals surface area contributed by atoms with Crippen LogP contribution in [-0.2, 0) is 6.54 Å². The smallest absolute Gasteiger partial charge is 0.161 e. The van der Waals surface area contributed by atoms with Gasteiger partial charge < -0.3 is 14.8 Å². The normalized spacial score (nSPS) is 10.8. The van der Waals surface area contributed by atoms with Gasteiger partial charge in [-0.05, 0) is 48.7 Å². The van der Waals surface area contributed by atoms with Crippen molar-refractivity contribution in [3.63, 3.8) is 0 Å². The summed E-state index contributed by atoms with van der Waals surface area (Å²) >= 11 is 0. The zero-order chi connectivity index (χ0) is 18.9. The van der Waals surface area contributed by atoms with Crippen LogP contribution in [0.4, 0.5) is 0 Å². The van der Waals surface area contributed by atoms with Crippen molar-refractivity contribution in [2.24, 2.45) is 0 Å².